The summed E-state index contributed by atoms with van der Waals surface area (Å²) in [6.07, 6.45) is 0.503. The highest BCUT2D eigenvalue weighted by atomic mass is 32.1. The van der Waals surface area contributed by atoms with Gasteiger partial charge in [-0.05, 0) is 30.7 Å². The monoisotopic (exact) mass is 379 g/mol. The number of hydrogen-bond donors (Lipinski definition) is 2. The zero-order valence-electron chi connectivity index (χ0n) is 13.8. The lowest BCUT2D eigenvalue weighted by molar-refractivity contribution is 0.0674. The number of anilines is 1. The Hall–Kier alpha value is -2.45. The van der Waals surface area contributed by atoms with Crippen molar-refractivity contribution in [2.75, 3.05) is 11.9 Å². The molecule has 0 amide bonds. The summed E-state index contributed by atoms with van der Waals surface area (Å²) in [7, 11) is 0. The Bertz CT molecular complexity index is 897. The Morgan fingerprint density at radius 3 is 2.42 bits per heavy atom. The lowest BCUT2D eigenvalue weighted by atomic mass is 9.95. The SMILES string of the molecule is CC(O)(CNc1nnc(Cc2ccc(F)cc2)s1)c1ccc(F)cc1F. The van der Waals surface area contributed by atoms with Crippen molar-refractivity contribution in [1.82, 2.24) is 10.2 Å². The van der Waals surface area contributed by atoms with E-state index in [0.29, 0.717) is 16.6 Å². The Morgan fingerprint density at radius 2 is 1.73 bits per heavy atom. The smallest absolute Gasteiger partial charge is 0.205 e. The number of halogens is 3. The van der Waals surface area contributed by atoms with Gasteiger partial charge in [-0.1, -0.05) is 29.5 Å². The van der Waals surface area contributed by atoms with Crippen LogP contribution in [-0.2, 0) is 12.0 Å². The molecule has 8 heteroatoms. The van der Waals surface area contributed by atoms with Gasteiger partial charge in [0, 0.05) is 24.6 Å². The molecule has 0 fully saturated rings. The van der Waals surface area contributed by atoms with E-state index in [2.05, 4.69) is 15.5 Å². The van der Waals surface area contributed by atoms with Gasteiger partial charge in [0.2, 0.25) is 5.13 Å². The van der Waals surface area contributed by atoms with Crippen molar-refractivity contribution < 1.29 is 18.3 Å². The fourth-order valence-electron chi connectivity index (χ4n) is 2.44. The molecule has 136 valence electrons. The van der Waals surface area contributed by atoms with Gasteiger partial charge in [-0.2, -0.15) is 0 Å². The molecule has 1 unspecified atom stereocenters. The summed E-state index contributed by atoms with van der Waals surface area (Å²) in [5.41, 5.74) is -0.669. The molecule has 0 aliphatic carbocycles. The van der Waals surface area contributed by atoms with Gasteiger partial charge in [0.25, 0.3) is 0 Å². The molecule has 1 aromatic heterocycles. The van der Waals surface area contributed by atoms with Crippen LogP contribution in [0, 0.1) is 17.5 Å². The summed E-state index contributed by atoms with van der Waals surface area (Å²) >= 11 is 1.28. The van der Waals surface area contributed by atoms with Crippen LogP contribution in [0.25, 0.3) is 0 Å². The van der Waals surface area contributed by atoms with E-state index in [1.807, 2.05) is 0 Å². The topological polar surface area (TPSA) is 58.0 Å². The summed E-state index contributed by atoms with van der Waals surface area (Å²) in [5, 5.41) is 22.6. The van der Waals surface area contributed by atoms with Gasteiger partial charge in [0.1, 0.15) is 28.1 Å². The molecule has 26 heavy (non-hydrogen) atoms. The van der Waals surface area contributed by atoms with Gasteiger partial charge in [-0.3, -0.25) is 0 Å². The van der Waals surface area contributed by atoms with Crippen LogP contribution in [0.4, 0.5) is 18.3 Å². The molecule has 4 nitrogen and oxygen atoms in total. The second-order valence-corrected chi connectivity index (χ2v) is 7.12. The molecule has 0 aliphatic rings. The Balaban J connectivity index is 1.64. The second kappa shape index (κ2) is 7.43. The second-order valence-electron chi connectivity index (χ2n) is 6.06. The molecule has 3 rings (SSSR count). The number of nitrogens with one attached hydrogen (secondary N) is 1. The van der Waals surface area contributed by atoms with Crippen LogP contribution >= 0.6 is 11.3 Å². The highest BCUT2D eigenvalue weighted by Crippen LogP contribution is 2.26. The molecular formula is C18H16F3N3OS. The minimum absolute atomic E-state index is 0.0116. The number of aliphatic hydroxyl groups is 1. The van der Waals surface area contributed by atoms with Crippen molar-refractivity contribution in [3.8, 4) is 0 Å². The van der Waals surface area contributed by atoms with Crippen molar-refractivity contribution in [1.29, 1.82) is 0 Å². The Labute approximate surface area is 152 Å². The summed E-state index contributed by atoms with van der Waals surface area (Å²) in [4.78, 5) is 0. The minimum atomic E-state index is -1.55. The third-order valence-corrected chi connectivity index (χ3v) is 4.71. The van der Waals surface area contributed by atoms with Gasteiger partial charge < -0.3 is 10.4 Å². The van der Waals surface area contributed by atoms with Crippen molar-refractivity contribution in [2.24, 2.45) is 0 Å². The first-order valence-electron chi connectivity index (χ1n) is 7.82. The molecule has 0 saturated heterocycles. The number of aromatic nitrogens is 2. The van der Waals surface area contributed by atoms with Crippen LogP contribution in [0.15, 0.2) is 42.5 Å². The van der Waals surface area contributed by atoms with Crippen molar-refractivity contribution in [2.45, 2.75) is 18.9 Å². The fourth-order valence-corrected chi connectivity index (χ4v) is 3.21. The zero-order chi connectivity index (χ0) is 18.7. The highest BCUT2D eigenvalue weighted by Gasteiger charge is 2.27. The van der Waals surface area contributed by atoms with Crippen molar-refractivity contribution >= 4 is 16.5 Å². The maximum absolute atomic E-state index is 13.9. The van der Waals surface area contributed by atoms with Crippen LogP contribution in [0.3, 0.4) is 0 Å². The molecule has 2 aromatic carbocycles. The molecule has 0 aliphatic heterocycles. The molecule has 0 radical (unpaired) electrons. The van der Waals surface area contributed by atoms with Gasteiger partial charge in [-0.15, -0.1) is 10.2 Å². The van der Waals surface area contributed by atoms with Crippen LogP contribution in [0.1, 0.15) is 23.1 Å². The van der Waals surface area contributed by atoms with Crippen LogP contribution in [0.5, 0.6) is 0 Å². The van der Waals surface area contributed by atoms with Gasteiger partial charge in [0.05, 0.1) is 0 Å². The Morgan fingerprint density at radius 1 is 1.04 bits per heavy atom. The Kier molecular flexibility index (Phi) is 5.24. The average Bonchev–Trinajstić information content (AvgIpc) is 3.02. The first-order valence-corrected chi connectivity index (χ1v) is 8.64. The van der Waals surface area contributed by atoms with Gasteiger partial charge in [-0.25, -0.2) is 13.2 Å². The number of hydrogen-bond acceptors (Lipinski definition) is 5. The standard InChI is InChI=1S/C18H16F3N3OS/c1-18(25,14-7-6-13(20)9-15(14)21)10-22-17-24-23-16(26-17)8-11-2-4-12(19)5-3-11/h2-7,9,25H,8,10H2,1H3,(H,22,24). The van der Waals surface area contributed by atoms with E-state index < -0.39 is 17.2 Å². The third kappa shape index (κ3) is 4.39. The normalized spacial score (nSPS) is 13.4. The predicted molar refractivity (Wildman–Crippen MR) is 93.5 cm³/mol. The van der Waals surface area contributed by atoms with E-state index in [4.69, 9.17) is 0 Å². The molecule has 3 aromatic rings. The number of nitrogens with zero attached hydrogens (tertiary/aromatic N) is 2. The summed E-state index contributed by atoms with van der Waals surface area (Å²) < 4.78 is 39.8. The summed E-state index contributed by atoms with van der Waals surface area (Å²) in [5.74, 6) is -1.82. The highest BCUT2D eigenvalue weighted by molar-refractivity contribution is 7.15. The predicted octanol–water partition coefficient (Wildman–Crippen LogP) is 3.87. The van der Waals surface area contributed by atoms with Gasteiger partial charge >= 0.3 is 0 Å². The van der Waals surface area contributed by atoms with E-state index in [1.54, 1.807) is 12.1 Å². The van der Waals surface area contributed by atoms with E-state index in [9.17, 15) is 18.3 Å². The molecule has 0 spiro atoms. The molecule has 0 bridgehead atoms. The first kappa shape index (κ1) is 18.3. The third-order valence-electron chi connectivity index (χ3n) is 3.83. The maximum atomic E-state index is 13.9. The molecule has 1 heterocycles. The average molecular weight is 379 g/mol. The quantitative estimate of drug-likeness (QED) is 0.683. The summed E-state index contributed by atoms with van der Waals surface area (Å²) in [6, 6.07) is 9.15. The lowest BCUT2D eigenvalue weighted by Gasteiger charge is -2.24. The van der Waals surface area contributed by atoms with Gasteiger partial charge in [0.15, 0.2) is 0 Å². The number of benzene rings is 2. The summed E-state index contributed by atoms with van der Waals surface area (Å²) in [6.45, 7) is 1.40. The van der Waals surface area contributed by atoms with E-state index in [-0.39, 0.29) is 17.9 Å². The van der Waals surface area contributed by atoms with E-state index >= 15 is 0 Å². The fraction of sp³-hybridized carbons (Fsp3) is 0.222. The van der Waals surface area contributed by atoms with Crippen LogP contribution in [0.2, 0.25) is 0 Å². The number of rotatable bonds is 6. The largest absolute Gasteiger partial charge is 0.383 e. The van der Waals surface area contributed by atoms with Crippen molar-refractivity contribution in [3.05, 3.63) is 76.1 Å². The molecular weight excluding hydrogens is 363 g/mol. The molecule has 2 N–H and O–H groups in total. The first-order chi connectivity index (χ1) is 12.3. The molecule has 1 atom stereocenters. The van der Waals surface area contributed by atoms with E-state index in [0.717, 1.165) is 17.7 Å². The van der Waals surface area contributed by atoms with Crippen LogP contribution in [-0.4, -0.2) is 21.8 Å². The molecule has 0 saturated carbocycles. The maximum Gasteiger partial charge on any atom is 0.205 e. The van der Waals surface area contributed by atoms with Crippen LogP contribution < -0.4 is 5.32 Å². The van der Waals surface area contributed by atoms with Crippen molar-refractivity contribution in [3.63, 3.8) is 0 Å². The van der Waals surface area contributed by atoms with E-state index in [1.165, 1.54) is 36.5 Å². The minimum Gasteiger partial charge on any atom is -0.383 e. The zero-order valence-corrected chi connectivity index (χ0v) is 14.7. The lowest BCUT2D eigenvalue weighted by Crippen LogP contribution is -2.31.